The third-order valence-electron chi connectivity index (χ3n) is 5.48. The molecule has 1 aliphatic heterocycles. The molecule has 9 nitrogen and oxygen atoms in total. The zero-order valence-electron chi connectivity index (χ0n) is 18.2. The van der Waals surface area contributed by atoms with Gasteiger partial charge in [0.2, 0.25) is 0 Å². The molecule has 1 fully saturated rings. The second-order valence-electron chi connectivity index (χ2n) is 7.57. The van der Waals surface area contributed by atoms with Crippen molar-refractivity contribution in [3.8, 4) is 11.5 Å². The largest absolute Gasteiger partial charge is 0.493 e. The Kier molecular flexibility index (Phi) is 6.07. The molecule has 9 heteroatoms. The number of likely N-dealkylation sites (tertiary alicyclic amines) is 1. The molecule has 1 aliphatic rings. The number of nitrogens with one attached hydrogen (secondary N) is 2. The van der Waals surface area contributed by atoms with Gasteiger partial charge in [-0.3, -0.25) is 14.7 Å². The van der Waals surface area contributed by atoms with E-state index in [-0.39, 0.29) is 17.9 Å². The lowest BCUT2D eigenvalue weighted by atomic mass is 10.1. The van der Waals surface area contributed by atoms with Crippen molar-refractivity contribution < 1.29 is 19.1 Å². The molecule has 2 atom stereocenters. The molecule has 0 spiro atoms. The molecule has 0 radical (unpaired) electrons. The van der Waals surface area contributed by atoms with Gasteiger partial charge in [-0.05, 0) is 37.6 Å². The maximum Gasteiger partial charge on any atom is 0.258 e. The number of methoxy groups -OCH3 is 2. The van der Waals surface area contributed by atoms with Gasteiger partial charge in [-0.15, -0.1) is 0 Å². The number of carbonyl (C=O) groups is 2. The fraction of sp³-hybridized carbons (Fsp3) is 0.304. The SMILES string of the molecule is COc1cccc(C(=O)N2CC(NC(=O)c3ccccc3)CC2c2n[nH]c(C)n2)c1OC. The number of amides is 2. The molecular weight excluding hydrogens is 410 g/mol. The van der Waals surface area contributed by atoms with E-state index in [1.807, 2.05) is 18.2 Å². The summed E-state index contributed by atoms with van der Waals surface area (Å²) in [6.07, 6.45) is 0.494. The Bertz CT molecular complexity index is 1110. The van der Waals surface area contributed by atoms with Crippen molar-refractivity contribution in [1.29, 1.82) is 0 Å². The number of carbonyl (C=O) groups excluding carboxylic acids is 2. The van der Waals surface area contributed by atoms with Crippen molar-refractivity contribution in [3.05, 3.63) is 71.3 Å². The first kappa shape index (κ1) is 21.4. The monoisotopic (exact) mass is 435 g/mol. The minimum absolute atomic E-state index is 0.186. The summed E-state index contributed by atoms with van der Waals surface area (Å²) in [5, 5.41) is 10.1. The van der Waals surface area contributed by atoms with Crippen LogP contribution < -0.4 is 14.8 Å². The van der Waals surface area contributed by atoms with Crippen LogP contribution in [0, 0.1) is 6.92 Å². The average molecular weight is 435 g/mol. The Hall–Kier alpha value is -3.88. The summed E-state index contributed by atoms with van der Waals surface area (Å²) in [6, 6.07) is 13.5. The van der Waals surface area contributed by atoms with Gasteiger partial charge in [0.15, 0.2) is 17.3 Å². The van der Waals surface area contributed by atoms with Crippen molar-refractivity contribution in [2.75, 3.05) is 20.8 Å². The van der Waals surface area contributed by atoms with Gasteiger partial charge in [0, 0.05) is 18.2 Å². The minimum Gasteiger partial charge on any atom is -0.493 e. The van der Waals surface area contributed by atoms with Crippen LogP contribution in [0.2, 0.25) is 0 Å². The van der Waals surface area contributed by atoms with Crippen LogP contribution in [0.5, 0.6) is 11.5 Å². The molecule has 2 heterocycles. The summed E-state index contributed by atoms with van der Waals surface area (Å²) in [5.41, 5.74) is 0.941. The minimum atomic E-state index is -0.399. The predicted molar refractivity (Wildman–Crippen MR) is 117 cm³/mol. The fourth-order valence-electron chi connectivity index (χ4n) is 3.99. The van der Waals surface area contributed by atoms with Crippen LogP contribution in [-0.2, 0) is 0 Å². The van der Waals surface area contributed by atoms with Crippen LogP contribution in [0.1, 0.15) is 44.8 Å². The summed E-state index contributed by atoms with van der Waals surface area (Å²) in [6.45, 7) is 2.12. The van der Waals surface area contributed by atoms with Crippen molar-refractivity contribution in [2.24, 2.45) is 0 Å². The van der Waals surface area contributed by atoms with Crippen molar-refractivity contribution in [1.82, 2.24) is 25.4 Å². The molecule has 32 heavy (non-hydrogen) atoms. The fourth-order valence-corrected chi connectivity index (χ4v) is 3.99. The number of hydrogen-bond acceptors (Lipinski definition) is 6. The van der Waals surface area contributed by atoms with Crippen molar-refractivity contribution >= 4 is 11.8 Å². The number of aromatic nitrogens is 3. The highest BCUT2D eigenvalue weighted by Crippen LogP contribution is 2.36. The third kappa shape index (κ3) is 4.14. The molecule has 0 aliphatic carbocycles. The summed E-state index contributed by atoms with van der Waals surface area (Å²) in [4.78, 5) is 32.4. The highest BCUT2D eigenvalue weighted by Gasteiger charge is 2.40. The zero-order chi connectivity index (χ0) is 22.7. The maximum absolute atomic E-state index is 13.6. The summed E-state index contributed by atoms with van der Waals surface area (Å²) < 4.78 is 10.8. The quantitative estimate of drug-likeness (QED) is 0.616. The van der Waals surface area contributed by atoms with Gasteiger partial charge in [0.1, 0.15) is 5.82 Å². The molecule has 1 saturated heterocycles. The summed E-state index contributed by atoms with van der Waals surface area (Å²) in [7, 11) is 3.02. The van der Waals surface area contributed by atoms with Gasteiger partial charge >= 0.3 is 0 Å². The average Bonchev–Trinajstić information content (AvgIpc) is 3.44. The van der Waals surface area contributed by atoms with Crippen LogP contribution in [0.25, 0.3) is 0 Å². The number of hydrogen-bond donors (Lipinski definition) is 2. The van der Waals surface area contributed by atoms with Crippen LogP contribution in [0.4, 0.5) is 0 Å². The summed E-state index contributed by atoms with van der Waals surface area (Å²) in [5.74, 6) is 1.56. The topological polar surface area (TPSA) is 109 Å². The molecule has 1 aromatic heterocycles. The van der Waals surface area contributed by atoms with Gasteiger partial charge in [-0.2, -0.15) is 5.10 Å². The second kappa shape index (κ2) is 9.09. The molecule has 0 saturated carbocycles. The first-order valence-corrected chi connectivity index (χ1v) is 10.3. The molecule has 2 N–H and O–H groups in total. The van der Waals surface area contributed by atoms with Crippen LogP contribution >= 0.6 is 0 Å². The van der Waals surface area contributed by atoms with Crippen molar-refractivity contribution in [3.63, 3.8) is 0 Å². The molecule has 2 aromatic carbocycles. The highest BCUT2D eigenvalue weighted by atomic mass is 16.5. The number of rotatable bonds is 6. The van der Waals surface area contributed by atoms with E-state index in [4.69, 9.17) is 9.47 Å². The zero-order valence-corrected chi connectivity index (χ0v) is 18.2. The van der Waals surface area contributed by atoms with Gasteiger partial charge in [0.05, 0.1) is 25.8 Å². The number of aryl methyl sites for hydroxylation is 1. The third-order valence-corrected chi connectivity index (χ3v) is 5.48. The summed E-state index contributed by atoms with van der Waals surface area (Å²) >= 11 is 0. The smallest absolute Gasteiger partial charge is 0.258 e. The Morgan fingerprint density at radius 1 is 1.09 bits per heavy atom. The molecule has 0 bridgehead atoms. The van der Waals surface area contributed by atoms with Crippen LogP contribution in [0.15, 0.2) is 48.5 Å². The maximum atomic E-state index is 13.6. The van der Waals surface area contributed by atoms with E-state index in [1.54, 1.807) is 42.2 Å². The second-order valence-corrected chi connectivity index (χ2v) is 7.57. The van der Waals surface area contributed by atoms with Gasteiger partial charge in [-0.1, -0.05) is 24.3 Å². The van der Waals surface area contributed by atoms with E-state index in [9.17, 15) is 9.59 Å². The predicted octanol–water partition coefficient (Wildman–Crippen LogP) is 2.52. The van der Waals surface area contributed by atoms with E-state index in [0.29, 0.717) is 47.2 Å². The molecule has 4 rings (SSSR count). The molecule has 2 unspecified atom stereocenters. The molecule has 2 amide bonds. The lowest BCUT2D eigenvalue weighted by Crippen LogP contribution is -2.38. The Morgan fingerprint density at radius 2 is 1.88 bits per heavy atom. The normalized spacial score (nSPS) is 17.8. The Morgan fingerprint density at radius 3 is 2.53 bits per heavy atom. The Labute approximate surface area is 185 Å². The molecule has 166 valence electrons. The molecular formula is C23H25N5O4. The lowest BCUT2D eigenvalue weighted by Gasteiger charge is -2.24. The first-order chi connectivity index (χ1) is 15.5. The van der Waals surface area contributed by atoms with E-state index < -0.39 is 6.04 Å². The van der Waals surface area contributed by atoms with Crippen LogP contribution in [-0.4, -0.2) is 58.7 Å². The van der Waals surface area contributed by atoms with Gasteiger partial charge in [-0.25, -0.2) is 4.98 Å². The number of ether oxygens (including phenoxy) is 2. The number of H-pyrrole nitrogens is 1. The molecule has 3 aromatic rings. The Balaban J connectivity index is 1.63. The van der Waals surface area contributed by atoms with Crippen molar-refractivity contribution in [2.45, 2.75) is 25.4 Å². The standard InChI is InChI=1S/C23H25N5O4/c1-14-24-21(27-26-14)18-12-16(25-22(29)15-8-5-4-6-9-15)13-28(18)23(30)17-10-7-11-19(31-2)20(17)32-3/h4-11,16,18H,12-13H2,1-3H3,(H,25,29)(H,24,26,27). The van der Waals surface area contributed by atoms with Crippen LogP contribution in [0.3, 0.4) is 0 Å². The number of nitrogens with zero attached hydrogens (tertiary/aromatic N) is 3. The van der Waals surface area contributed by atoms with E-state index in [2.05, 4.69) is 20.5 Å². The number of para-hydroxylation sites is 1. The number of benzene rings is 2. The number of aromatic amines is 1. The van der Waals surface area contributed by atoms with E-state index in [1.165, 1.54) is 14.2 Å². The lowest BCUT2D eigenvalue weighted by molar-refractivity contribution is 0.0720. The van der Waals surface area contributed by atoms with Gasteiger partial charge in [0.25, 0.3) is 11.8 Å². The first-order valence-electron chi connectivity index (χ1n) is 10.3. The van der Waals surface area contributed by atoms with E-state index in [0.717, 1.165) is 0 Å². The highest BCUT2D eigenvalue weighted by molar-refractivity contribution is 5.98. The van der Waals surface area contributed by atoms with Gasteiger partial charge < -0.3 is 19.7 Å². The van der Waals surface area contributed by atoms with E-state index >= 15 is 0 Å².